The van der Waals surface area contributed by atoms with Crippen LogP contribution in [-0.2, 0) is 14.8 Å². The van der Waals surface area contributed by atoms with Crippen molar-refractivity contribution in [3.05, 3.63) is 29.8 Å². The van der Waals surface area contributed by atoms with Crippen molar-refractivity contribution in [2.75, 3.05) is 20.3 Å². The number of ether oxygens (including phenoxy) is 1. The summed E-state index contributed by atoms with van der Waals surface area (Å²) in [5.74, 6) is 0. The van der Waals surface area contributed by atoms with Crippen molar-refractivity contribution in [1.29, 1.82) is 0 Å². The number of hydrogen-bond acceptors (Lipinski definition) is 4. The van der Waals surface area contributed by atoms with Crippen LogP contribution in [-0.4, -0.2) is 39.9 Å². The molecule has 1 aromatic rings. The topological polar surface area (TPSA) is 75.6 Å². The van der Waals surface area contributed by atoms with E-state index < -0.39 is 16.1 Å². The molecule has 0 fully saturated rings. The molecule has 0 aliphatic carbocycles. The number of aliphatic hydroxyl groups excluding tert-OH is 1. The van der Waals surface area contributed by atoms with Gasteiger partial charge in [0.05, 0.1) is 11.5 Å². The van der Waals surface area contributed by atoms with Crippen LogP contribution in [0.4, 0.5) is 0 Å². The van der Waals surface area contributed by atoms with Gasteiger partial charge in [-0.3, -0.25) is 0 Å². The van der Waals surface area contributed by atoms with Crippen molar-refractivity contribution in [2.45, 2.75) is 24.3 Å². The molecule has 5 nitrogen and oxygen atoms in total. The van der Waals surface area contributed by atoms with Gasteiger partial charge in [-0.05, 0) is 31.0 Å². The molecule has 0 radical (unpaired) electrons. The largest absolute Gasteiger partial charge is 0.396 e. The Bertz CT molecular complexity index is 467. The summed E-state index contributed by atoms with van der Waals surface area (Å²) in [6, 6.07) is 6.25. The molecule has 1 aromatic carbocycles. The highest BCUT2D eigenvalue weighted by Crippen LogP contribution is 2.11. The number of rotatable bonds is 7. The Hall–Kier alpha value is -0.950. The van der Waals surface area contributed by atoms with Crippen LogP contribution in [0.2, 0.25) is 0 Å². The standard InChI is InChI=1S/C12H19NO4S/c1-10-4-3-5-12(8-10)18(15,16)13-11(6-7-14)9-17-2/h3-5,8,11,13-14H,6-7,9H2,1-2H3. The Balaban J connectivity index is 2.86. The molecule has 0 heterocycles. The van der Waals surface area contributed by atoms with E-state index in [0.717, 1.165) is 5.56 Å². The summed E-state index contributed by atoms with van der Waals surface area (Å²) in [5.41, 5.74) is 0.878. The van der Waals surface area contributed by atoms with Crippen LogP contribution in [0.25, 0.3) is 0 Å². The second-order valence-corrected chi connectivity index (χ2v) is 5.82. The molecule has 2 N–H and O–H groups in total. The minimum absolute atomic E-state index is 0.0929. The molecule has 0 aliphatic heterocycles. The molecule has 18 heavy (non-hydrogen) atoms. The lowest BCUT2D eigenvalue weighted by Gasteiger charge is -2.17. The van der Waals surface area contributed by atoms with Gasteiger partial charge in [-0.15, -0.1) is 0 Å². The first-order valence-corrected chi connectivity index (χ1v) is 7.16. The van der Waals surface area contributed by atoms with Gasteiger partial charge in [0.25, 0.3) is 0 Å². The highest BCUT2D eigenvalue weighted by atomic mass is 32.2. The van der Waals surface area contributed by atoms with E-state index in [1.807, 2.05) is 13.0 Å². The predicted molar refractivity (Wildman–Crippen MR) is 68.9 cm³/mol. The monoisotopic (exact) mass is 273 g/mol. The van der Waals surface area contributed by atoms with Crippen LogP contribution in [0.1, 0.15) is 12.0 Å². The zero-order valence-electron chi connectivity index (χ0n) is 10.6. The van der Waals surface area contributed by atoms with Crippen molar-refractivity contribution in [3.63, 3.8) is 0 Å². The summed E-state index contributed by atoms with van der Waals surface area (Å²) >= 11 is 0. The van der Waals surface area contributed by atoms with Crippen molar-refractivity contribution >= 4 is 10.0 Å². The molecular weight excluding hydrogens is 254 g/mol. The number of aryl methyl sites for hydroxylation is 1. The summed E-state index contributed by atoms with van der Waals surface area (Å²) < 4.78 is 31.6. The predicted octanol–water partition coefficient (Wildman–Crippen LogP) is 0.671. The Morgan fingerprint density at radius 2 is 2.17 bits per heavy atom. The Morgan fingerprint density at radius 3 is 2.72 bits per heavy atom. The summed E-state index contributed by atoms with van der Waals surface area (Å²) in [6.07, 6.45) is 0.318. The van der Waals surface area contributed by atoms with E-state index >= 15 is 0 Å². The average molecular weight is 273 g/mol. The molecule has 0 aliphatic rings. The van der Waals surface area contributed by atoms with Crippen LogP contribution in [0, 0.1) is 6.92 Å². The molecule has 0 saturated heterocycles. The molecule has 1 atom stereocenters. The second-order valence-electron chi connectivity index (χ2n) is 4.10. The van der Waals surface area contributed by atoms with Crippen LogP contribution < -0.4 is 4.72 Å². The molecule has 6 heteroatoms. The van der Waals surface area contributed by atoms with Crippen molar-refractivity contribution in [2.24, 2.45) is 0 Å². The van der Waals surface area contributed by atoms with Gasteiger partial charge in [-0.25, -0.2) is 13.1 Å². The molecule has 102 valence electrons. The summed E-state index contributed by atoms with van der Waals surface area (Å²) in [6.45, 7) is 1.97. The Labute approximate surface area is 108 Å². The van der Waals surface area contributed by atoms with Gasteiger partial charge in [0, 0.05) is 19.8 Å². The number of benzene rings is 1. The summed E-state index contributed by atoms with van der Waals surface area (Å²) in [7, 11) is -2.08. The van der Waals surface area contributed by atoms with E-state index in [9.17, 15) is 8.42 Å². The quantitative estimate of drug-likeness (QED) is 0.765. The highest BCUT2D eigenvalue weighted by Gasteiger charge is 2.19. The van der Waals surface area contributed by atoms with E-state index in [4.69, 9.17) is 9.84 Å². The molecular formula is C12H19NO4S. The third-order valence-electron chi connectivity index (χ3n) is 2.47. The molecule has 0 bridgehead atoms. The van der Waals surface area contributed by atoms with Gasteiger partial charge in [0.1, 0.15) is 0 Å². The van der Waals surface area contributed by atoms with E-state index in [1.165, 1.54) is 13.2 Å². The first-order chi connectivity index (χ1) is 8.49. The molecule has 0 spiro atoms. The van der Waals surface area contributed by atoms with Gasteiger partial charge in [0.2, 0.25) is 10.0 Å². The zero-order chi connectivity index (χ0) is 13.6. The number of nitrogens with one attached hydrogen (secondary N) is 1. The fraction of sp³-hybridized carbons (Fsp3) is 0.500. The third-order valence-corrected chi connectivity index (χ3v) is 3.99. The van der Waals surface area contributed by atoms with Gasteiger partial charge in [-0.1, -0.05) is 12.1 Å². The van der Waals surface area contributed by atoms with Crippen molar-refractivity contribution in [3.8, 4) is 0 Å². The first kappa shape index (κ1) is 15.1. The molecule has 0 aromatic heterocycles. The fourth-order valence-electron chi connectivity index (χ4n) is 1.60. The SMILES string of the molecule is COCC(CCO)NS(=O)(=O)c1cccc(C)c1. The molecule has 0 amide bonds. The lowest BCUT2D eigenvalue weighted by atomic mass is 10.2. The molecule has 0 saturated carbocycles. The van der Waals surface area contributed by atoms with Crippen LogP contribution in [0.15, 0.2) is 29.2 Å². The number of sulfonamides is 1. The van der Waals surface area contributed by atoms with Crippen LogP contribution >= 0.6 is 0 Å². The molecule has 1 unspecified atom stereocenters. The minimum atomic E-state index is -3.57. The Kier molecular flexibility index (Phi) is 5.74. The second kappa shape index (κ2) is 6.84. The highest BCUT2D eigenvalue weighted by molar-refractivity contribution is 7.89. The van der Waals surface area contributed by atoms with E-state index in [2.05, 4.69) is 4.72 Å². The van der Waals surface area contributed by atoms with E-state index in [1.54, 1.807) is 12.1 Å². The fourth-order valence-corrected chi connectivity index (χ4v) is 2.96. The van der Waals surface area contributed by atoms with Gasteiger partial charge < -0.3 is 9.84 Å². The van der Waals surface area contributed by atoms with Gasteiger partial charge >= 0.3 is 0 Å². The maximum Gasteiger partial charge on any atom is 0.240 e. The van der Waals surface area contributed by atoms with E-state index in [-0.39, 0.29) is 18.1 Å². The van der Waals surface area contributed by atoms with Gasteiger partial charge in [0.15, 0.2) is 0 Å². The lowest BCUT2D eigenvalue weighted by molar-refractivity contribution is 0.158. The van der Waals surface area contributed by atoms with Crippen LogP contribution in [0.3, 0.4) is 0 Å². The summed E-state index contributed by atoms with van der Waals surface area (Å²) in [4.78, 5) is 0.224. The smallest absolute Gasteiger partial charge is 0.240 e. The molecule has 1 rings (SSSR count). The average Bonchev–Trinajstić information content (AvgIpc) is 2.29. The van der Waals surface area contributed by atoms with Crippen molar-refractivity contribution < 1.29 is 18.3 Å². The van der Waals surface area contributed by atoms with Crippen molar-refractivity contribution in [1.82, 2.24) is 4.72 Å². The first-order valence-electron chi connectivity index (χ1n) is 5.68. The number of hydrogen-bond donors (Lipinski definition) is 2. The maximum absolute atomic E-state index is 12.1. The zero-order valence-corrected chi connectivity index (χ0v) is 11.4. The van der Waals surface area contributed by atoms with E-state index in [0.29, 0.717) is 6.42 Å². The number of aliphatic hydroxyl groups is 1. The maximum atomic E-state index is 12.1. The van der Waals surface area contributed by atoms with Gasteiger partial charge in [-0.2, -0.15) is 0 Å². The Morgan fingerprint density at radius 1 is 1.44 bits per heavy atom. The summed E-state index contributed by atoms with van der Waals surface area (Å²) in [5, 5.41) is 8.88. The minimum Gasteiger partial charge on any atom is -0.396 e. The third kappa shape index (κ3) is 4.38. The van der Waals surface area contributed by atoms with Crippen LogP contribution in [0.5, 0.6) is 0 Å². The number of methoxy groups -OCH3 is 1. The lowest BCUT2D eigenvalue weighted by Crippen LogP contribution is -2.38. The normalized spacial score (nSPS) is 13.5.